The van der Waals surface area contributed by atoms with Gasteiger partial charge >= 0.3 is 40.2 Å². The Balaban J connectivity index is 0. The summed E-state index contributed by atoms with van der Waals surface area (Å²) in [4.78, 5) is 0. The molecule has 0 aliphatic heterocycles. The minimum Gasteiger partial charge on any atom is -1.00 e. The molecule has 0 amide bonds. The molecule has 0 aromatic heterocycles. The van der Waals surface area contributed by atoms with E-state index in [0.717, 1.165) is 0 Å². The van der Waals surface area contributed by atoms with Crippen molar-refractivity contribution in [3.63, 3.8) is 0 Å². The van der Waals surface area contributed by atoms with Crippen molar-refractivity contribution >= 4 is 0 Å². The summed E-state index contributed by atoms with van der Waals surface area (Å²) in [6.07, 6.45) is 0. The van der Waals surface area contributed by atoms with E-state index in [1.807, 2.05) is 0 Å². The molecular formula is Cl7Ir2. The summed E-state index contributed by atoms with van der Waals surface area (Å²) in [6.45, 7) is 0. The van der Waals surface area contributed by atoms with Crippen molar-refractivity contribution in [3.8, 4) is 0 Å². The van der Waals surface area contributed by atoms with Gasteiger partial charge in [0.15, 0.2) is 0 Å². The van der Waals surface area contributed by atoms with Crippen LogP contribution in [0.25, 0.3) is 0 Å². The fourth-order valence-corrected chi connectivity index (χ4v) is 0. The molecule has 0 atom stereocenters. The molecule has 0 N–H and O–H groups in total. The molecule has 1 radical (unpaired) electrons. The number of hydrogen-bond acceptors (Lipinski definition) is 0. The van der Waals surface area contributed by atoms with Crippen molar-refractivity contribution in [2.24, 2.45) is 0 Å². The molecule has 0 rings (SSSR count). The molecule has 0 bridgehead atoms. The SMILES string of the molecule is [Cl-].[Cl-].[Cl-].[Cl-].[Cl-].[Cl-].[Cl-].[Ir+3].[Ir+4]. The van der Waals surface area contributed by atoms with Crippen molar-refractivity contribution < 1.29 is 127 Å². The van der Waals surface area contributed by atoms with Gasteiger partial charge in [-0.3, -0.25) is 0 Å². The standard InChI is InChI=1S/7ClH.2Ir/h7*1H;;/q;;;;;;;+3;+4/p-7. The van der Waals surface area contributed by atoms with Gasteiger partial charge in [-0.05, 0) is 0 Å². The Morgan fingerprint density at radius 2 is 0.333 bits per heavy atom. The minimum absolute atomic E-state index is 0. The fraction of sp³-hybridized carbons (Fsp3) is 0. The Bertz CT molecular complexity index is 6.88. The topological polar surface area (TPSA) is 0 Å². The van der Waals surface area contributed by atoms with Gasteiger partial charge in [0.2, 0.25) is 0 Å². The zero-order valence-electron chi connectivity index (χ0n) is 3.31. The average molecular weight is 633 g/mol. The first-order chi connectivity index (χ1) is 0. The summed E-state index contributed by atoms with van der Waals surface area (Å²) < 4.78 is 0. The summed E-state index contributed by atoms with van der Waals surface area (Å²) in [6, 6.07) is 0. The first-order valence-electron chi connectivity index (χ1n) is 0. The Morgan fingerprint density at radius 1 is 0.333 bits per heavy atom. The Labute approximate surface area is 125 Å². The molecule has 0 spiro atoms. The monoisotopic (exact) mass is 631 g/mol. The van der Waals surface area contributed by atoms with Crippen LogP contribution < -0.4 is 86.8 Å². The number of rotatable bonds is 0. The van der Waals surface area contributed by atoms with Crippen molar-refractivity contribution in [1.29, 1.82) is 0 Å². The summed E-state index contributed by atoms with van der Waals surface area (Å²) in [7, 11) is 0. The van der Waals surface area contributed by atoms with E-state index < -0.39 is 0 Å². The summed E-state index contributed by atoms with van der Waals surface area (Å²) in [5.74, 6) is 0. The molecule has 67 valence electrons. The Hall–Kier alpha value is 3.33. The van der Waals surface area contributed by atoms with Gasteiger partial charge in [0.05, 0.1) is 0 Å². The summed E-state index contributed by atoms with van der Waals surface area (Å²) >= 11 is 0. The van der Waals surface area contributed by atoms with Crippen molar-refractivity contribution in [3.05, 3.63) is 0 Å². The molecule has 0 saturated carbocycles. The molecule has 0 aromatic carbocycles. The smallest absolute Gasteiger partial charge is 1.00 e. The first-order valence-corrected chi connectivity index (χ1v) is 0. The van der Waals surface area contributed by atoms with Crippen LogP contribution in [-0.4, -0.2) is 0 Å². The third-order valence-corrected chi connectivity index (χ3v) is 0. The van der Waals surface area contributed by atoms with Gasteiger partial charge < -0.3 is 86.8 Å². The van der Waals surface area contributed by atoms with E-state index in [9.17, 15) is 0 Å². The molecule has 9 heavy (non-hydrogen) atoms. The molecule has 9 heteroatoms. The van der Waals surface area contributed by atoms with E-state index >= 15 is 0 Å². The zero-order valence-corrected chi connectivity index (χ0v) is 13.4. The molecule has 0 unspecified atom stereocenters. The van der Waals surface area contributed by atoms with Gasteiger partial charge in [0, 0.05) is 0 Å². The van der Waals surface area contributed by atoms with Gasteiger partial charge in [-0.15, -0.1) is 0 Å². The second kappa shape index (κ2) is 109. The van der Waals surface area contributed by atoms with Gasteiger partial charge in [-0.25, -0.2) is 0 Å². The summed E-state index contributed by atoms with van der Waals surface area (Å²) in [5, 5.41) is 0. The molecule has 0 heterocycles. The third kappa shape index (κ3) is 89.0. The predicted molar refractivity (Wildman–Crippen MR) is 0 cm³/mol. The van der Waals surface area contributed by atoms with Gasteiger partial charge in [0.1, 0.15) is 0 Å². The Morgan fingerprint density at radius 3 is 0.333 bits per heavy atom. The van der Waals surface area contributed by atoms with E-state index in [1.54, 1.807) is 0 Å². The minimum atomic E-state index is 0. The van der Waals surface area contributed by atoms with Crippen LogP contribution >= 0.6 is 0 Å². The van der Waals surface area contributed by atoms with Crippen molar-refractivity contribution in [1.82, 2.24) is 0 Å². The van der Waals surface area contributed by atoms with E-state index in [-0.39, 0.29) is 127 Å². The van der Waals surface area contributed by atoms with Crippen LogP contribution in [0.3, 0.4) is 0 Å². The largest absolute Gasteiger partial charge is 4.00 e. The first kappa shape index (κ1) is 143. The van der Waals surface area contributed by atoms with Crippen LogP contribution in [0.4, 0.5) is 0 Å². The predicted octanol–water partition coefficient (Wildman–Crippen LogP) is -21.0. The molecular weight excluding hydrogens is 633 g/mol. The maximum atomic E-state index is 0. The van der Waals surface area contributed by atoms with E-state index in [1.165, 1.54) is 0 Å². The normalized spacial score (nSPS) is 0. The van der Waals surface area contributed by atoms with E-state index in [0.29, 0.717) is 0 Å². The average Bonchev–Trinajstić information content (AvgIpc) is 0. The molecule has 0 aromatic rings. The second-order valence-corrected chi connectivity index (χ2v) is 0. The third-order valence-electron chi connectivity index (χ3n) is 0. The Kier molecular flexibility index (Phi) is 1730. The molecule has 0 fully saturated rings. The quantitative estimate of drug-likeness (QED) is 0.249. The number of hydrogen-bond donors (Lipinski definition) is 0. The van der Waals surface area contributed by atoms with Crippen LogP contribution in [0.1, 0.15) is 0 Å². The maximum Gasteiger partial charge on any atom is 4.00 e. The van der Waals surface area contributed by atoms with Crippen LogP contribution in [0.5, 0.6) is 0 Å². The second-order valence-electron chi connectivity index (χ2n) is 0. The van der Waals surface area contributed by atoms with Crippen molar-refractivity contribution in [2.75, 3.05) is 0 Å². The molecule has 0 aliphatic carbocycles. The fourth-order valence-electron chi connectivity index (χ4n) is 0. The van der Waals surface area contributed by atoms with Gasteiger partial charge in [-0.1, -0.05) is 0 Å². The zero-order chi connectivity index (χ0) is 0. The maximum absolute atomic E-state index is 0. The van der Waals surface area contributed by atoms with E-state index in [2.05, 4.69) is 0 Å². The molecule has 0 nitrogen and oxygen atoms in total. The van der Waals surface area contributed by atoms with Crippen LogP contribution in [0, 0.1) is 0 Å². The van der Waals surface area contributed by atoms with Crippen LogP contribution in [-0.2, 0) is 40.2 Å². The summed E-state index contributed by atoms with van der Waals surface area (Å²) in [5.41, 5.74) is 0. The number of halogens is 7. The van der Waals surface area contributed by atoms with Crippen LogP contribution in [0.2, 0.25) is 0 Å². The van der Waals surface area contributed by atoms with Gasteiger partial charge in [0.25, 0.3) is 0 Å². The van der Waals surface area contributed by atoms with Crippen LogP contribution in [0.15, 0.2) is 0 Å². The van der Waals surface area contributed by atoms with Gasteiger partial charge in [-0.2, -0.15) is 0 Å². The molecule has 0 aliphatic rings. The molecule has 0 saturated heterocycles. The van der Waals surface area contributed by atoms with Crippen molar-refractivity contribution in [2.45, 2.75) is 0 Å². The van der Waals surface area contributed by atoms with E-state index in [4.69, 9.17) is 0 Å².